The van der Waals surface area contributed by atoms with Crippen molar-refractivity contribution in [2.24, 2.45) is 10.2 Å². The van der Waals surface area contributed by atoms with E-state index in [4.69, 9.17) is 20.5 Å². The van der Waals surface area contributed by atoms with Gasteiger partial charge < -0.3 is 24.8 Å². The summed E-state index contributed by atoms with van der Waals surface area (Å²) in [6.45, 7) is 8.34. The first-order valence-corrected chi connectivity index (χ1v) is 8.94. The molecular formula is C16H26N8O7. The molecular weight excluding hydrogens is 416 g/mol. The third-order valence-electron chi connectivity index (χ3n) is 2.81. The lowest BCUT2D eigenvalue weighted by Crippen LogP contribution is -2.50. The molecule has 0 unspecified atom stereocenters. The summed E-state index contributed by atoms with van der Waals surface area (Å²) in [5.74, 6) is -2.58. The molecule has 0 aromatic rings. The number of amides is 2. The minimum Gasteiger partial charge on any atom is -0.444 e. The average molecular weight is 442 g/mol. The van der Waals surface area contributed by atoms with Crippen molar-refractivity contribution in [3.8, 4) is 0 Å². The standard InChI is InChI=1S/C16H26N8O7/c1-15(2,3)30-13(27)21-9(7-19-23-17)11(25)29-12(26)10(8-20-24-18)22-14(28)31-16(4,5)6/h9-10H,7-8H2,1-6H3,(H,21,27)(H,22,28)/t9-,10-/m0/s1. The summed E-state index contributed by atoms with van der Waals surface area (Å²) in [6, 6.07) is -3.12. The molecule has 0 aliphatic rings. The molecule has 15 heteroatoms. The van der Waals surface area contributed by atoms with Gasteiger partial charge in [-0.1, -0.05) is 10.2 Å². The molecule has 0 fully saturated rings. The van der Waals surface area contributed by atoms with Gasteiger partial charge in [0.15, 0.2) is 0 Å². The first-order valence-electron chi connectivity index (χ1n) is 8.94. The number of ether oxygens (including phenoxy) is 3. The Labute approximate surface area is 178 Å². The van der Waals surface area contributed by atoms with Crippen LogP contribution < -0.4 is 10.6 Å². The van der Waals surface area contributed by atoms with Gasteiger partial charge in [0, 0.05) is 9.82 Å². The zero-order chi connectivity index (χ0) is 24.2. The fraction of sp³-hybridized carbons (Fsp3) is 0.750. The van der Waals surface area contributed by atoms with Crippen molar-refractivity contribution >= 4 is 24.1 Å². The SMILES string of the molecule is CC(C)(C)OC(=O)N[C@@H](CN=[N+]=[N-])C(=O)OC(=O)[C@H](CN=[N+]=[N-])NC(=O)OC(C)(C)C. The van der Waals surface area contributed by atoms with Crippen LogP contribution in [0.15, 0.2) is 10.2 Å². The molecule has 0 aromatic carbocycles. The topological polar surface area (TPSA) is 218 Å². The first kappa shape index (κ1) is 27.3. The molecule has 0 aromatic heterocycles. The Hall–Kier alpha value is -3.70. The van der Waals surface area contributed by atoms with Crippen LogP contribution in [0.1, 0.15) is 41.5 Å². The highest BCUT2D eigenvalue weighted by Gasteiger charge is 2.31. The molecule has 15 nitrogen and oxygen atoms in total. The molecule has 0 heterocycles. The summed E-state index contributed by atoms with van der Waals surface area (Å²) in [5, 5.41) is 10.6. The number of nitrogens with zero attached hydrogens (tertiary/aromatic N) is 6. The van der Waals surface area contributed by atoms with Crippen LogP contribution in [0.4, 0.5) is 9.59 Å². The normalized spacial score (nSPS) is 12.7. The van der Waals surface area contributed by atoms with Crippen LogP contribution in [0.5, 0.6) is 0 Å². The number of carbonyl (C=O) groups excluding carboxylic acids is 4. The molecule has 0 saturated heterocycles. The Morgan fingerprint density at radius 2 is 1.10 bits per heavy atom. The second-order valence-electron chi connectivity index (χ2n) is 7.96. The van der Waals surface area contributed by atoms with Gasteiger partial charge in [-0.3, -0.25) is 0 Å². The van der Waals surface area contributed by atoms with E-state index in [-0.39, 0.29) is 0 Å². The molecule has 0 aliphatic heterocycles. The highest BCUT2D eigenvalue weighted by molar-refractivity contribution is 5.93. The Balaban J connectivity index is 5.31. The number of nitrogens with one attached hydrogen (secondary N) is 2. The number of rotatable bonds is 8. The predicted molar refractivity (Wildman–Crippen MR) is 105 cm³/mol. The summed E-state index contributed by atoms with van der Waals surface area (Å²) < 4.78 is 14.6. The summed E-state index contributed by atoms with van der Waals surface area (Å²) >= 11 is 0. The zero-order valence-electron chi connectivity index (χ0n) is 18.1. The van der Waals surface area contributed by atoms with Crippen LogP contribution in [0.25, 0.3) is 20.9 Å². The van der Waals surface area contributed by atoms with Crippen LogP contribution in [-0.4, -0.2) is 60.5 Å². The van der Waals surface area contributed by atoms with Crippen LogP contribution >= 0.6 is 0 Å². The van der Waals surface area contributed by atoms with Gasteiger partial charge in [0.25, 0.3) is 0 Å². The van der Waals surface area contributed by atoms with E-state index in [9.17, 15) is 19.2 Å². The highest BCUT2D eigenvalue weighted by Crippen LogP contribution is 2.09. The molecule has 0 saturated carbocycles. The number of esters is 2. The summed E-state index contributed by atoms with van der Waals surface area (Å²) in [6.07, 6.45) is -2.04. The molecule has 2 amide bonds. The van der Waals surface area contributed by atoms with Gasteiger partial charge in [0.05, 0.1) is 13.1 Å². The second-order valence-corrected chi connectivity index (χ2v) is 7.96. The van der Waals surface area contributed by atoms with Gasteiger partial charge in [-0.25, -0.2) is 19.2 Å². The molecule has 0 radical (unpaired) electrons. The van der Waals surface area contributed by atoms with E-state index in [0.29, 0.717) is 0 Å². The number of carbonyl (C=O) groups is 4. The molecule has 2 N–H and O–H groups in total. The number of hydrogen-bond acceptors (Lipinski definition) is 9. The van der Waals surface area contributed by atoms with E-state index in [2.05, 4.69) is 35.4 Å². The minimum absolute atomic E-state index is 0.581. The Bertz CT molecular complexity index is 710. The van der Waals surface area contributed by atoms with Crippen molar-refractivity contribution in [1.29, 1.82) is 0 Å². The van der Waals surface area contributed by atoms with E-state index in [1.165, 1.54) is 0 Å². The van der Waals surface area contributed by atoms with Crippen molar-refractivity contribution < 1.29 is 33.4 Å². The van der Waals surface area contributed by atoms with E-state index >= 15 is 0 Å². The third kappa shape index (κ3) is 13.2. The van der Waals surface area contributed by atoms with Gasteiger partial charge >= 0.3 is 24.1 Å². The van der Waals surface area contributed by atoms with Crippen molar-refractivity contribution in [1.82, 2.24) is 10.6 Å². The summed E-state index contributed by atoms with van der Waals surface area (Å²) in [4.78, 5) is 53.4. The number of azide groups is 2. The Kier molecular flexibility index (Phi) is 10.7. The van der Waals surface area contributed by atoms with E-state index in [1.807, 2.05) is 0 Å². The highest BCUT2D eigenvalue weighted by atomic mass is 16.6. The molecule has 172 valence electrons. The molecule has 2 atom stereocenters. The van der Waals surface area contributed by atoms with E-state index in [1.54, 1.807) is 41.5 Å². The molecule has 31 heavy (non-hydrogen) atoms. The van der Waals surface area contributed by atoms with E-state index < -0.39 is 60.5 Å². The second kappa shape index (κ2) is 12.1. The fourth-order valence-electron chi connectivity index (χ4n) is 1.74. The largest absolute Gasteiger partial charge is 0.444 e. The maximum Gasteiger partial charge on any atom is 0.408 e. The van der Waals surface area contributed by atoms with Gasteiger partial charge in [0.2, 0.25) is 0 Å². The Morgan fingerprint density at radius 3 is 1.35 bits per heavy atom. The maximum absolute atomic E-state index is 12.3. The molecule has 0 aliphatic carbocycles. The van der Waals surface area contributed by atoms with Crippen LogP contribution in [0.2, 0.25) is 0 Å². The van der Waals surface area contributed by atoms with Crippen molar-refractivity contribution in [2.75, 3.05) is 13.1 Å². The van der Waals surface area contributed by atoms with Crippen LogP contribution in [0, 0.1) is 0 Å². The predicted octanol–water partition coefficient (Wildman–Crippen LogP) is 2.46. The van der Waals surface area contributed by atoms with Crippen molar-refractivity contribution in [3.05, 3.63) is 20.9 Å². The first-order chi connectivity index (χ1) is 14.2. The molecule has 0 spiro atoms. The molecule has 0 rings (SSSR count). The average Bonchev–Trinajstić information content (AvgIpc) is 2.58. The van der Waals surface area contributed by atoms with Gasteiger partial charge in [0.1, 0.15) is 23.3 Å². The quantitative estimate of drug-likeness (QED) is 0.143. The zero-order valence-corrected chi connectivity index (χ0v) is 18.1. The van der Waals surface area contributed by atoms with Crippen molar-refractivity contribution in [3.63, 3.8) is 0 Å². The minimum atomic E-state index is -1.56. The fourth-order valence-corrected chi connectivity index (χ4v) is 1.74. The maximum atomic E-state index is 12.3. The summed E-state index contributed by atoms with van der Waals surface area (Å²) in [5.41, 5.74) is 15.2. The smallest absolute Gasteiger partial charge is 0.408 e. The summed E-state index contributed by atoms with van der Waals surface area (Å²) in [7, 11) is 0. The van der Waals surface area contributed by atoms with E-state index in [0.717, 1.165) is 0 Å². The van der Waals surface area contributed by atoms with Crippen LogP contribution in [0.3, 0.4) is 0 Å². The number of alkyl carbamates (subject to hydrolysis) is 2. The monoisotopic (exact) mass is 442 g/mol. The lowest BCUT2D eigenvalue weighted by molar-refractivity contribution is -0.162. The van der Waals surface area contributed by atoms with Crippen LogP contribution in [-0.2, 0) is 23.8 Å². The van der Waals surface area contributed by atoms with Crippen molar-refractivity contribution in [2.45, 2.75) is 64.8 Å². The lowest BCUT2D eigenvalue weighted by atomic mass is 10.2. The third-order valence-corrected chi connectivity index (χ3v) is 2.81. The Morgan fingerprint density at radius 1 is 0.774 bits per heavy atom. The van der Waals surface area contributed by atoms with Gasteiger partial charge in [-0.05, 0) is 52.6 Å². The number of hydrogen-bond donors (Lipinski definition) is 2. The van der Waals surface area contributed by atoms with Gasteiger partial charge in [-0.2, -0.15) is 0 Å². The van der Waals surface area contributed by atoms with Gasteiger partial charge in [-0.15, -0.1) is 0 Å². The lowest BCUT2D eigenvalue weighted by Gasteiger charge is -2.23. The molecule has 0 bridgehead atoms.